The maximum atomic E-state index is 11.3. The zero-order valence-electron chi connectivity index (χ0n) is 7.65. The molecule has 5 heteroatoms. The van der Waals surface area contributed by atoms with E-state index in [9.17, 15) is 14.7 Å². The molecule has 1 saturated heterocycles. The number of rotatable bonds is 2. The summed E-state index contributed by atoms with van der Waals surface area (Å²) in [7, 11) is 0. The molecule has 0 unspecified atom stereocenters. The van der Waals surface area contributed by atoms with Crippen molar-refractivity contribution in [3.63, 3.8) is 0 Å². The van der Waals surface area contributed by atoms with Gasteiger partial charge in [-0.3, -0.25) is 9.59 Å². The molecule has 74 valence electrons. The van der Waals surface area contributed by atoms with E-state index < -0.39 is 23.4 Å². The molecule has 13 heavy (non-hydrogen) atoms. The predicted octanol–water partition coefficient (Wildman–Crippen LogP) is -0.700. The lowest BCUT2D eigenvalue weighted by atomic mass is 9.90. The second kappa shape index (κ2) is 2.99. The topological polar surface area (TPSA) is 77.8 Å². The molecule has 0 aromatic heterocycles. The minimum atomic E-state index is -1.08. The van der Waals surface area contributed by atoms with Gasteiger partial charge in [-0.15, -0.1) is 0 Å². The van der Waals surface area contributed by atoms with Crippen molar-refractivity contribution in [3.8, 4) is 0 Å². The number of aliphatic carboxylic acids is 1. The summed E-state index contributed by atoms with van der Waals surface area (Å²) in [5.41, 5.74) is -0.549. The van der Waals surface area contributed by atoms with Crippen LogP contribution in [0.3, 0.4) is 0 Å². The standard InChI is InChI=1S/C8H13NO4/c1-8(2)4-9(3-5(10)11)7(13)6(8)12/h6,12H,3-4H2,1-2H3,(H,10,11)/t6-/m1/s1. The lowest BCUT2D eigenvalue weighted by molar-refractivity contribution is -0.145. The Balaban J connectivity index is 2.72. The summed E-state index contributed by atoms with van der Waals surface area (Å²) in [6.07, 6.45) is -1.08. The molecule has 0 aromatic rings. The van der Waals surface area contributed by atoms with Crippen LogP contribution >= 0.6 is 0 Å². The monoisotopic (exact) mass is 187 g/mol. The Kier molecular flexibility index (Phi) is 2.30. The highest BCUT2D eigenvalue weighted by Crippen LogP contribution is 2.30. The van der Waals surface area contributed by atoms with E-state index in [0.717, 1.165) is 4.90 Å². The summed E-state index contributed by atoms with van der Waals surface area (Å²) in [4.78, 5) is 22.8. The highest BCUT2D eigenvalue weighted by molar-refractivity contribution is 5.87. The van der Waals surface area contributed by atoms with E-state index in [1.807, 2.05) is 0 Å². The van der Waals surface area contributed by atoms with Crippen LogP contribution in [0, 0.1) is 5.41 Å². The maximum absolute atomic E-state index is 11.3. The SMILES string of the molecule is CC1(C)CN(CC(=O)O)C(=O)[C@H]1O. The minimum Gasteiger partial charge on any atom is -0.480 e. The van der Waals surface area contributed by atoms with Crippen molar-refractivity contribution in [1.29, 1.82) is 0 Å². The van der Waals surface area contributed by atoms with E-state index >= 15 is 0 Å². The largest absolute Gasteiger partial charge is 0.480 e. The Labute approximate surface area is 76.0 Å². The van der Waals surface area contributed by atoms with Crippen LogP contribution in [-0.4, -0.2) is 46.2 Å². The molecular weight excluding hydrogens is 174 g/mol. The molecule has 1 atom stereocenters. The number of likely N-dealkylation sites (tertiary alicyclic amines) is 1. The molecule has 5 nitrogen and oxygen atoms in total. The molecule has 1 amide bonds. The van der Waals surface area contributed by atoms with E-state index in [0.29, 0.717) is 6.54 Å². The Morgan fingerprint density at radius 2 is 2.23 bits per heavy atom. The first-order chi connectivity index (χ1) is 5.84. The second-order valence-electron chi connectivity index (χ2n) is 3.98. The van der Waals surface area contributed by atoms with E-state index in [1.54, 1.807) is 13.8 Å². The summed E-state index contributed by atoms with van der Waals surface area (Å²) < 4.78 is 0. The van der Waals surface area contributed by atoms with Crippen molar-refractivity contribution in [3.05, 3.63) is 0 Å². The molecule has 0 saturated carbocycles. The van der Waals surface area contributed by atoms with Crippen LogP contribution in [0.1, 0.15) is 13.8 Å². The van der Waals surface area contributed by atoms with Gasteiger partial charge >= 0.3 is 5.97 Å². The Morgan fingerprint density at radius 3 is 2.54 bits per heavy atom. The van der Waals surface area contributed by atoms with E-state index in [2.05, 4.69) is 0 Å². The van der Waals surface area contributed by atoms with Crippen molar-refractivity contribution in [2.24, 2.45) is 5.41 Å². The zero-order valence-corrected chi connectivity index (χ0v) is 7.65. The molecule has 1 rings (SSSR count). The van der Waals surface area contributed by atoms with Crippen LogP contribution in [0.25, 0.3) is 0 Å². The molecule has 1 fully saturated rings. The van der Waals surface area contributed by atoms with Gasteiger partial charge in [0, 0.05) is 12.0 Å². The van der Waals surface area contributed by atoms with Gasteiger partial charge in [0.1, 0.15) is 12.6 Å². The van der Waals surface area contributed by atoms with Gasteiger partial charge in [0.15, 0.2) is 0 Å². The van der Waals surface area contributed by atoms with Crippen LogP contribution in [0.15, 0.2) is 0 Å². The molecule has 0 spiro atoms. The molecule has 0 aromatic carbocycles. The molecule has 0 radical (unpaired) electrons. The van der Waals surface area contributed by atoms with Crippen LogP contribution in [0.4, 0.5) is 0 Å². The van der Waals surface area contributed by atoms with Crippen LogP contribution in [0.5, 0.6) is 0 Å². The smallest absolute Gasteiger partial charge is 0.323 e. The van der Waals surface area contributed by atoms with E-state index in [1.165, 1.54) is 0 Å². The van der Waals surface area contributed by atoms with Crippen LogP contribution < -0.4 is 0 Å². The van der Waals surface area contributed by atoms with Crippen molar-refractivity contribution in [1.82, 2.24) is 4.90 Å². The predicted molar refractivity (Wildman–Crippen MR) is 44.0 cm³/mol. The van der Waals surface area contributed by atoms with Crippen LogP contribution in [-0.2, 0) is 9.59 Å². The first-order valence-electron chi connectivity index (χ1n) is 4.03. The number of carbonyl (C=O) groups excluding carboxylic acids is 1. The summed E-state index contributed by atoms with van der Waals surface area (Å²) in [5.74, 6) is -1.55. The fourth-order valence-electron chi connectivity index (χ4n) is 1.46. The van der Waals surface area contributed by atoms with Gasteiger partial charge in [-0.1, -0.05) is 13.8 Å². The summed E-state index contributed by atoms with van der Waals surface area (Å²) in [6.45, 7) is 3.42. The van der Waals surface area contributed by atoms with Gasteiger partial charge < -0.3 is 15.1 Å². The lowest BCUT2D eigenvalue weighted by Gasteiger charge is -2.18. The molecule has 0 bridgehead atoms. The number of hydrogen-bond donors (Lipinski definition) is 2. The molecular formula is C8H13NO4. The third-order valence-electron chi connectivity index (χ3n) is 2.21. The van der Waals surface area contributed by atoms with Crippen molar-refractivity contribution < 1.29 is 19.8 Å². The fraction of sp³-hybridized carbons (Fsp3) is 0.750. The molecule has 1 aliphatic rings. The highest BCUT2D eigenvalue weighted by atomic mass is 16.4. The third-order valence-corrected chi connectivity index (χ3v) is 2.21. The number of carboxylic acid groups (broad SMARTS) is 1. The first kappa shape index (κ1) is 9.98. The van der Waals surface area contributed by atoms with Gasteiger partial charge in [0.2, 0.25) is 0 Å². The maximum Gasteiger partial charge on any atom is 0.323 e. The quantitative estimate of drug-likeness (QED) is 0.599. The number of amides is 1. The number of carboxylic acids is 1. The van der Waals surface area contributed by atoms with Gasteiger partial charge in [-0.05, 0) is 0 Å². The Hall–Kier alpha value is -1.10. The lowest BCUT2D eigenvalue weighted by Crippen LogP contribution is -2.33. The summed E-state index contributed by atoms with van der Waals surface area (Å²) in [6, 6.07) is 0. The highest BCUT2D eigenvalue weighted by Gasteiger charge is 2.45. The zero-order chi connectivity index (χ0) is 10.2. The Morgan fingerprint density at radius 1 is 1.69 bits per heavy atom. The average Bonchev–Trinajstić information content (AvgIpc) is 2.13. The number of aliphatic hydroxyl groups excluding tert-OH is 1. The summed E-state index contributed by atoms with van der Waals surface area (Å²) >= 11 is 0. The third kappa shape index (κ3) is 1.80. The van der Waals surface area contributed by atoms with E-state index in [-0.39, 0.29) is 6.54 Å². The van der Waals surface area contributed by atoms with Crippen molar-refractivity contribution in [2.45, 2.75) is 20.0 Å². The molecule has 1 aliphatic heterocycles. The average molecular weight is 187 g/mol. The number of aliphatic hydroxyl groups is 1. The molecule has 2 N–H and O–H groups in total. The van der Waals surface area contributed by atoms with Gasteiger partial charge in [-0.25, -0.2) is 0 Å². The van der Waals surface area contributed by atoms with Gasteiger partial charge in [0.05, 0.1) is 0 Å². The van der Waals surface area contributed by atoms with Crippen LogP contribution in [0.2, 0.25) is 0 Å². The Bertz CT molecular complexity index is 249. The second-order valence-corrected chi connectivity index (χ2v) is 3.98. The van der Waals surface area contributed by atoms with Crippen molar-refractivity contribution in [2.75, 3.05) is 13.1 Å². The molecule has 0 aliphatic carbocycles. The van der Waals surface area contributed by atoms with E-state index in [4.69, 9.17) is 5.11 Å². The van der Waals surface area contributed by atoms with Crippen molar-refractivity contribution >= 4 is 11.9 Å². The normalized spacial score (nSPS) is 26.5. The summed E-state index contributed by atoms with van der Waals surface area (Å²) in [5, 5.41) is 17.9. The minimum absolute atomic E-state index is 0.291. The van der Waals surface area contributed by atoms with Gasteiger partial charge in [-0.2, -0.15) is 0 Å². The number of nitrogens with zero attached hydrogens (tertiary/aromatic N) is 1. The molecule has 1 heterocycles. The fourth-order valence-corrected chi connectivity index (χ4v) is 1.46. The van der Waals surface area contributed by atoms with Gasteiger partial charge in [0.25, 0.3) is 5.91 Å². The number of hydrogen-bond acceptors (Lipinski definition) is 3. The number of carbonyl (C=O) groups is 2. The first-order valence-corrected chi connectivity index (χ1v) is 4.03.